The summed E-state index contributed by atoms with van der Waals surface area (Å²) >= 11 is 0. The summed E-state index contributed by atoms with van der Waals surface area (Å²) in [6, 6.07) is 7.03. The van der Waals surface area contributed by atoms with Crippen LogP contribution in [-0.2, 0) is 20.4 Å². The van der Waals surface area contributed by atoms with Crippen molar-refractivity contribution in [2.24, 2.45) is 0 Å². The summed E-state index contributed by atoms with van der Waals surface area (Å²) in [4.78, 5) is 11.6. The predicted molar refractivity (Wildman–Crippen MR) is 126 cm³/mol. The molecule has 0 spiro atoms. The fraction of sp³-hybridized carbons (Fsp3) is 0.519. The van der Waals surface area contributed by atoms with Gasteiger partial charge in [-0.15, -0.1) is 0 Å². The zero-order chi connectivity index (χ0) is 22.2. The van der Waals surface area contributed by atoms with Gasteiger partial charge in [-0.2, -0.15) is 0 Å². The molecule has 0 atom stereocenters. The van der Waals surface area contributed by atoms with E-state index in [1.807, 2.05) is 26.0 Å². The van der Waals surface area contributed by atoms with E-state index < -0.39 is 0 Å². The van der Waals surface area contributed by atoms with Gasteiger partial charge in [-0.3, -0.25) is 0 Å². The second-order valence-corrected chi connectivity index (χ2v) is 9.74. The highest BCUT2D eigenvalue weighted by Crippen LogP contribution is 2.33. The van der Waals surface area contributed by atoms with Crippen molar-refractivity contribution in [1.82, 2.24) is 0 Å². The number of allylic oxidation sites excluding steroid dienone is 5. The van der Waals surface area contributed by atoms with Gasteiger partial charge in [0.05, 0.1) is 6.61 Å². The van der Waals surface area contributed by atoms with Gasteiger partial charge in [0.1, 0.15) is 0 Å². The fourth-order valence-corrected chi connectivity index (χ4v) is 3.01. The minimum atomic E-state index is -0.292. The summed E-state index contributed by atoms with van der Waals surface area (Å²) in [5.74, 6) is -0.292. The van der Waals surface area contributed by atoms with E-state index >= 15 is 0 Å². The Hall–Kier alpha value is -2.09. The number of carbonyl (C=O) groups excluding carboxylic acids is 1. The van der Waals surface area contributed by atoms with Gasteiger partial charge in [0.25, 0.3) is 0 Å². The molecular weight excluding hydrogens is 356 g/mol. The lowest BCUT2D eigenvalue weighted by atomic mass is 9.78. The van der Waals surface area contributed by atoms with Crippen molar-refractivity contribution in [3.63, 3.8) is 0 Å². The molecule has 0 heterocycles. The summed E-state index contributed by atoms with van der Waals surface area (Å²) in [5, 5.41) is 0. The first-order valence-corrected chi connectivity index (χ1v) is 10.8. The van der Waals surface area contributed by atoms with E-state index in [1.54, 1.807) is 0 Å². The maximum absolute atomic E-state index is 11.6. The van der Waals surface area contributed by atoms with Gasteiger partial charge < -0.3 is 4.74 Å². The molecule has 2 heteroatoms. The molecule has 1 aromatic carbocycles. The van der Waals surface area contributed by atoms with Crippen LogP contribution >= 0.6 is 0 Å². The Labute approximate surface area is 178 Å². The average Bonchev–Trinajstić information content (AvgIpc) is 2.59. The minimum absolute atomic E-state index is 0.0993. The molecule has 0 fully saturated rings. The maximum Gasteiger partial charge on any atom is 0.330 e. The third-order valence-electron chi connectivity index (χ3n) is 4.84. The van der Waals surface area contributed by atoms with Crippen LogP contribution in [-0.4, -0.2) is 12.6 Å². The van der Waals surface area contributed by atoms with Crippen LogP contribution in [0.15, 0.2) is 48.1 Å². The lowest BCUT2D eigenvalue weighted by molar-refractivity contribution is -0.137. The van der Waals surface area contributed by atoms with E-state index in [9.17, 15) is 4.79 Å². The van der Waals surface area contributed by atoms with E-state index in [4.69, 9.17) is 4.74 Å². The van der Waals surface area contributed by atoms with Crippen molar-refractivity contribution >= 4 is 11.5 Å². The van der Waals surface area contributed by atoms with Crippen molar-refractivity contribution in [2.45, 2.75) is 86.0 Å². The summed E-state index contributed by atoms with van der Waals surface area (Å²) in [6.07, 6.45) is 9.82. The predicted octanol–water partition coefficient (Wildman–Crippen LogP) is 7.53. The molecule has 0 unspecified atom stereocenters. The van der Waals surface area contributed by atoms with Gasteiger partial charge in [0, 0.05) is 6.08 Å². The van der Waals surface area contributed by atoms with E-state index in [0.717, 1.165) is 18.4 Å². The lowest BCUT2D eigenvalue weighted by Gasteiger charge is -2.26. The van der Waals surface area contributed by atoms with Gasteiger partial charge in [-0.1, -0.05) is 91.3 Å². The molecule has 29 heavy (non-hydrogen) atoms. The molecule has 160 valence electrons. The average molecular weight is 397 g/mol. The Morgan fingerprint density at radius 1 is 0.966 bits per heavy atom. The number of ether oxygens (including phenoxy) is 1. The van der Waals surface area contributed by atoms with Crippen molar-refractivity contribution in [1.29, 1.82) is 0 Å². The van der Waals surface area contributed by atoms with Crippen molar-refractivity contribution < 1.29 is 9.53 Å². The first kappa shape index (κ1) is 24.9. The van der Waals surface area contributed by atoms with Gasteiger partial charge in [-0.05, 0) is 58.9 Å². The standard InChI is InChI=1S/C27H40O2/c1-10-13-21(15-12-14-20(3)16-25(28)29-11-2)22-17-23(26(4,5)6)19-24(18-22)27(7,8)9/h12,14-19H,10-11,13H2,1-9H3. The zero-order valence-electron chi connectivity index (χ0n) is 20.0. The second kappa shape index (κ2) is 10.6. The molecule has 0 aliphatic carbocycles. The van der Waals surface area contributed by atoms with Crippen LogP contribution in [0.1, 0.15) is 91.8 Å². The molecule has 0 saturated carbocycles. The Morgan fingerprint density at radius 3 is 1.97 bits per heavy atom. The molecule has 0 aliphatic rings. The first-order valence-electron chi connectivity index (χ1n) is 10.8. The van der Waals surface area contributed by atoms with Crippen molar-refractivity contribution in [3.8, 4) is 0 Å². The lowest BCUT2D eigenvalue weighted by Crippen LogP contribution is -2.17. The van der Waals surface area contributed by atoms with Gasteiger partial charge >= 0.3 is 5.97 Å². The van der Waals surface area contributed by atoms with E-state index in [-0.39, 0.29) is 16.8 Å². The summed E-state index contributed by atoms with van der Waals surface area (Å²) in [7, 11) is 0. The Bertz CT molecular complexity index is 745. The Balaban J connectivity index is 3.35. The maximum atomic E-state index is 11.6. The van der Waals surface area contributed by atoms with E-state index in [1.165, 1.54) is 28.3 Å². The van der Waals surface area contributed by atoms with Crippen LogP contribution in [0.3, 0.4) is 0 Å². The zero-order valence-corrected chi connectivity index (χ0v) is 20.0. The van der Waals surface area contributed by atoms with Crippen LogP contribution in [0.25, 0.3) is 5.57 Å². The molecule has 0 bridgehead atoms. The number of carbonyl (C=O) groups is 1. The van der Waals surface area contributed by atoms with Crippen LogP contribution in [0.4, 0.5) is 0 Å². The quantitative estimate of drug-likeness (QED) is 0.270. The Kier molecular flexibility index (Phi) is 9.14. The van der Waals surface area contributed by atoms with E-state index in [0.29, 0.717) is 6.61 Å². The van der Waals surface area contributed by atoms with Gasteiger partial charge in [-0.25, -0.2) is 4.79 Å². The number of hydrogen-bond donors (Lipinski definition) is 0. The summed E-state index contributed by atoms with van der Waals surface area (Å²) in [5.41, 5.74) is 6.43. The second-order valence-electron chi connectivity index (χ2n) is 9.74. The molecule has 1 aromatic rings. The molecule has 0 aliphatic heterocycles. The van der Waals surface area contributed by atoms with Crippen molar-refractivity contribution in [3.05, 3.63) is 64.8 Å². The third-order valence-corrected chi connectivity index (χ3v) is 4.84. The largest absolute Gasteiger partial charge is 0.463 e. The Morgan fingerprint density at radius 2 is 1.52 bits per heavy atom. The number of hydrogen-bond acceptors (Lipinski definition) is 2. The number of rotatable bonds is 7. The van der Waals surface area contributed by atoms with Crippen LogP contribution in [0.5, 0.6) is 0 Å². The highest BCUT2D eigenvalue weighted by atomic mass is 16.5. The SMILES string of the molecule is CCCC(=CC=CC(C)=CC(=O)OCC)c1cc(C(C)(C)C)cc(C(C)(C)C)c1. The van der Waals surface area contributed by atoms with Crippen LogP contribution < -0.4 is 0 Å². The molecule has 0 saturated heterocycles. The molecule has 2 nitrogen and oxygen atoms in total. The summed E-state index contributed by atoms with van der Waals surface area (Å²) < 4.78 is 4.97. The fourth-order valence-electron chi connectivity index (χ4n) is 3.01. The molecule has 0 amide bonds. The topological polar surface area (TPSA) is 26.3 Å². The molecule has 0 radical (unpaired) electrons. The molecule has 0 N–H and O–H groups in total. The van der Waals surface area contributed by atoms with E-state index in [2.05, 4.69) is 72.7 Å². The minimum Gasteiger partial charge on any atom is -0.463 e. The normalized spacial score (nSPS) is 13.8. The third kappa shape index (κ3) is 8.43. The molecule has 1 rings (SSSR count). The first-order chi connectivity index (χ1) is 13.4. The van der Waals surface area contributed by atoms with Crippen LogP contribution in [0, 0.1) is 0 Å². The van der Waals surface area contributed by atoms with Gasteiger partial charge in [0.2, 0.25) is 0 Å². The molecule has 0 aromatic heterocycles. The monoisotopic (exact) mass is 396 g/mol. The summed E-state index contributed by atoms with van der Waals surface area (Å²) in [6.45, 7) is 19.9. The number of benzene rings is 1. The molecular formula is C27H40O2. The van der Waals surface area contributed by atoms with Gasteiger partial charge in [0.15, 0.2) is 0 Å². The highest BCUT2D eigenvalue weighted by molar-refractivity contribution is 5.83. The smallest absolute Gasteiger partial charge is 0.330 e. The number of esters is 1. The van der Waals surface area contributed by atoms with Crippen LogP contribution in [0.2, 0.25) is 0 Å². The van der Waals surface area contributed by atoms with Crippen molar-refractivity contribution in [2.75, 3.05) is 6.61 Å². The highest BCUT2D eigenvalue weighted by Gasteiger charge is 2.21.